The maximum Gasteiger partial charge on any atom is 0.123 e. The van der Waals surface area contributed by atoms with Crippen LogP contribution in [0.4, 0.5) is 0 Å². The summed E-state index contributed by atoms with van der Waals surface area (Å²) in [7, 11) is 0. The van der Waals surface area contributed by atoms with Gasteiger partial charge in [0.05, 0.1) is 0 Å². The first kappa shape index (κ1) is 19.2. The molecule has 32 heavy (non-hydrogen) atoms. The highest BCUT2D eigenvalue weighted by Gasteiger charge is 2.25. The minimum absolute atomic E-state index is 0.217. The van der Waals surface area contributed by atoms with Crippen molar-refractivity contribution in [1.29, 1.82) is 0 Å². The van der Waals surface area contributed by atoms with Gasteiger partial charge >= 0.3 is 0 Å². The zero-order valence-corrected chi connectivity index (χ0v) is 18.0. The number of rotatable bonds is 5. The third-order valence-corrected chi connectivity index (χ3v) is 6.55. The Morgan fingerprint density at radius 1 is 0.531 bits per heavy atom. The summed E-state index contributed by atoms with van der Waals surface area (Å²) >= 11 is 0. The maximum atomic E-state index is 6.23. The van der Waals surface area contributed by atoms with Crippen molar-refractivity contribution in [2.24, 2.45) is 0 Å². The maximum absolute atomic E-state index is 6.23. The van der Waals surface area contributed by atoms with Crippen LogP contribution in [0.2, 0.25) is 0 Å². The molecule has 0 bridgehead atoms. The molecule has 0 spiro atoms. The summed E-state index contributed by atoms with van der Waals surface area (Å²) in [5, 5.41) is 0. The molecule has 0 N–H and O–H groups in total. The number of hydrogen-bond acceptors (Lipinski definition) is 2. The number of fused-ring (bicyclic) bond motifs is 2. The molecule has 6 rings (SSSR count). The average Bonchev–Trinajstić information content (AvgIpc) is 3.42. The van der Waals surface area contributed by atoms with Crippen LogP contribution in [0.25, 0.3) is 11.1 Å². The molecule has 0 radical (unpaired) electrons. The van der Waals surface area contributed by atoms with E-state index in [0.717, 1.165) is 37.2 Å². The van der Waals surface area contributed by atoms with Gasteiger partial charge in [0, 0.05) is 25.7 Å². The van der Waals surface area contributed by atoms with E-state index in [1.807, 2.05) is 0 Å². The van der Waals surface area contributed by atoms with Crippen LogP contribution < -0.4 is 9.47 Å². The molecule has 0 saturated carbocycles. The van der Waals surface area contributed by atoms with E-state index in [-0.39, 0.29) is 12.2 Å². The zero-order chi connectivity index (χ0) is 21.3. The van der Waals surface area contributed by atoms with Gasteiger partial charge in [0.1, 0.15) is 23.7 Å². The largest absolute Gasteiger partial charge is 0.489 e. The van der Waals surface area contributed by atoms with Crippen LogP contribution in [0.5, 0.6) is 11.5 Å². The molecule has 158 valence electrons. The molecule has 4 aromatic rings. The zero-order valence-electron chi connectivity index (χ0n) is 18.0. The van der Waals surface area contributed by atoms with Gasteiger partial charge in [0.2, 0.25) is 0 Å². The Bertz CT molecular complexity index is 1130. The van der Waals surface area contributed by atoms with Crippen molar-refractivity contribution in [3.63, 3.8) is 0 Å². The summed E-state index contributed by atoms with van der Waals surface area (Å²) in [4.78, 5) is 0. The van der Waals surface area contributed by atoms with Crippen LogP contribution in [0.15, 0.2) is 97.1 Å². The van der Waals surface area contributed by atoms with Crippen molar-refractivity contribution in [1.82, 2.24) is 0 Å². The topological polar surface area (TPSA) is 18.5 Å². The van der Waals surface area contributed by atoms with Gasteiger partial charge in [-0.2, -0.15) is 0 Å². The second kappa shape index (κ2) is 8.20. The average molecular weight is 419 g/mol. The molecule has 0 aromatic heterocycles. The van der Waals surface area contributed by atoms with E-state index in [1.165, 1.54) is 33.4 Å². The number of hydrogen-bond donors (Lipinski definition) is 0. The van der Waals surface area contributed by atoms with Gasteiger partial charge in [-0.1, -0.05) is 72.8 Å². The summed E-state index contributed by atoms with van der Waals surface area (Å²) in [5.41, 5.74) is 7.77. The van der Waals surface area contributed by atoms with Crippen molar-refractivity contribution in [2.45, 2.75) is 37.9 Å². The summed E-state index contributed by atoms with van der Waals surface area (Å²) in [6.45, 7) is 0. The molecule has 2 aliphatic heterocycles. The van der Waals surface area contributed by atoms with Gasteiger partial charge in [0.15, 0.2) is 0 Å². The lowest BCUT2D eigenvalue weighted by atomic mass is 9.97. The molecule has 4 aromatic carbocycles. The van der Waals surface area contributed by atoms with Crippen LogP contribution in [-0.4, -0.2) is 12.2 Å². The minimum atomic E-state index is 0.217. The van der Waals surface area contributed by atoms with Crippen LogP contribution in [0.3, 0.4) is 0 Å². The summed E-state index contributed by atoms with van der Waals surface area (Å²) in [5.74, 6) is 2.06. The van der Waals surface area contributed by atoms with E-state index >= 15 is 0 Å². The third kappa shape index (κ3) is 3.89. The monoisotopic (exact) mass is 418 g/mol. The molecule has 2 atom stereocenters. The molecular formula is C30H26O2. The van der Waals surface area contributed by atoms with Gasteiger partial charge < -0.3 is 9.47 Å². The number of benzene rings is 4. The molecule has 2 aliphatic rings. The van der Waals surface area contributed by atoms with E-state index < -0.39 is 0 Å². The van der Waals surface area contributed by atoms with Crippen LogP contribution in [0, 0.1) is 0 Å². The van der Waals surface area contributed by atoms with E-state index in [0.29, 0.717) is 0 Å². The molecule has 0 saturated heterocycles. The highest BCUT2D eigenvalue weighted by atomic mass is 16.5. The lowest BCUT2D eigenvalue weighted by Crippen LogP contribution is -2.16. The van der Waals surface area contributed by atoms with Gasteiger partial charge in [-0.3, -0.25) is 0 Å². The quantitative estimate of drug-likeness (QED) is 0.371. The predicted molar refractivity (Wildman–Crippen MR) is 128 cm³/mol. The van der Waals surface area contributed by atoms with Gasteiger partial charge in [0.25, 0.3) is 0 Å². The van der Waals surface area contributed by atoms with Crippen LogP contribution in [0.1, 0.15) is 22.3 Å². The molecule has 2 nitrogen and oxygen atoms in total. The Balaban J connectivity index is 1.17. The Morgan fingerprint density at radius 2 is 0.969 bits per heavy atom. The first-order valence-corrected chi connectivity index (χ1v) is 11.5. The van der Waals surface area contributed by atoms with Crippen molar-refractivity contribution >= 4 is 0 Å². The normalized spacial score (nSPS) is 18.5. The fourth-order valence-electron chi connectivity index (χ4n) is 4.98. The van der Waals surface area contributed by atoms with Crippen molar-refractivity contribution in [2.75, 3.05) is 0 Å². The molecule has 0 fully saturated rings. The predicted octanol–water partition coefficient (Wildman–Crippen LogP) is 6.45. The third-order valence-electron chi connectivity index (χ3n) is 6.55. The Hall–Kier alpha value is -3.52. The first-order chi connectivity index (χ1) is 15.8. The Kier molecular flexibility index (Phi) is 4.92. The van der Waals surface area contributed by atoms with Crippen LogP contribution >= 0.6 is 0 Å². The molecular weight excluding hydrogens is 392 g/mol. The second-order valence-electron chi connectivity index (χ2n) is 8.91. The highest BCUT2D eigenvalue weighted by Crippen LogP contribution is 2.37. The smallest absolute Gasteiger partial charge is 0.123 e. The van der Waals surface area contributed by atoms with Gasteiger partial charge in [-0.25, -0.2) is 0 Å². The fourth-order valence-corrected chi connectivity index (χ4v) is 4.98. The van der Waals surface area contributed by atoms with Crippen molar-refractivity contribution in [3.8, 4) is 22.6 Å². The Morgan fingerprint density at radius 3 is 1.41 bits per heavy atom. The number of ether oxygens (including phenoxy) is 2. The van der Waals surface area contributed by atoms with Crippen molar-refractivity contribution in [3.05, 3.63) is 119 Å². The Labute approximate surface area is 189 Å². The van der Waals surface area contributed by atoms with E-state index in [9.17, 15) is 0 Å². The summed E-state index contributed by atoms with van der Waals surface area (Å²) < 4.78 is 12.5. The lowest BCUT2D eigenvalue weighted by molar-refractivity contribution is 0.233. The van der Waals surface area contributed by atoms with E-state index in [4.69, 9.17) is 9.47 Å². The van der Waals surface area contributed by atoms with E-state index in [1.54, 1.807) is 0 Å². The minimum Gasteiger partial charge on any atom is -0.489 e. The highest BCUT2D eigenvalue weighted by molar-refractivity contribution is 5.68. The molecule has 0 aliphatic carbocycles. The summed E-state index contributed by atoms with van der Waals surface area (Å²) in [6.07, 6.45) is 4.26. The van der Waals surface area contributed by atoms with Gasteiger partial charge in [-0.05, 0) is 57.6 Å². The standard InChI is InChI=1S/C30H26O2/c1-3-7-21(8-4-1)15-27-19-25-17-23(11-13-29(25)31-27)24-12-14-30-26(18-24)20-28(32-30)16-22-9-5-2-6-10-22/h1-14,17-18,27-28H,15-16,19-20H2. The molecule has 2 heteroatoms. The SMILES string of the molecule is c1ccc(CC2Cc3cc(-c4ccc5c(c4)CC(Cc4ccccc4)O5)ccc3O2)cc1. The van der Waals surface area contributed by atoms with Crippen molar-refractivity contribution < 1.29 is 9.47 Å². The second-order valence-corrected chi connectivity index (χ2v) is 8.91. The fraction of sp³-hybridized carbons (Fsp3) is 0.200. The lowest BCUT2D eigenvalue weighted by Gasteiger charge is -2.10. The van der Waals surface area contributed by atoms with Gasteiger partial charge in [-0.15, -0.1) is 0 Å². The van der Waals surface area contributed by atoms with E-state index in [2.05, 4.69) is 97.1 Å². The molecule has 0 amide bonds. The summed E-state index contributed by atoms with van der Waals surface area (Å²) in [6, 6.07) is 34.5. The first-order valence-electron chi connectivity index (χ1n) is 11.5. The molecule has 2 unspecified atom stereocenters. The molecule has 2 heterocycles. The van der Waals surface area contributed by atoms with Crippen LogP contribution in [-0.2, 0) is 25.7 Å².